The van der Waals surface area contributed by atoms with Crippen LogP contribution in [0, 0.1) is 13.8 Å². The first-order chi connectivity index (χ1) is 9.38. The zero-order chi connectivity index (χ0) is 15.1. The highest BCUT2D eigenvalue weighted by molar-refractivity contribution is 7.80. The zero-order valence-electron chi connectivity index (χ0n) is 12.3. The predicted octanol–water partition coefficient (Wildman–Crippen LogP) is 2.21. The quantitative estimate of drug-likeness (QED) is 0.783. The number of amides is 1. The summed E-state index contributed by atoms with van der Waals surface area (Å²) < 4.78 is 5.62. The summed E-state index contributed by atoms with van der Waals surface area (Å²) in [5, 5.41) is 0. The second-order valence-corrected chi connectivity index (χ2v) is 5.48. The summed E-state index contributed by atoms with van der Waals surface area (Å²) >= 11 is 4.79. The van der Waals surface area contributed by atoms with Crippen molar-refractivity contribution in [2.45, 2.75) is 26.7 Å². The van der Waals surface area contributed by atoms with Gasteiger partial charge in [0.2, 0.25) is 5.91 Å². The highest BCUT2D eigenvalue weighted by Crippen LogP contribution is 2.16. The Hall–Kier alpha value is -1.62. The average molecular weight is 294 g/mol. The van der Waals surface area contributed by atoms with E-state index in [0.29, 0.717) is 31.0 Å². The molecule has 0 aromatic heterocycles. The number of rotatable bonds is 7. The van der Waals surface area contributed by atoms with Gasteiger partial charge in [0, 0.05) is 20.0 Å². The normalized spacial score (nSPS) is 10.2. The number of aryl methyl sites for hydroxylation is 2. The fourth-order valence-corrected chi connectivity index (χ4v) is 1.96. The molecule has 0 saturated heterocycles. The number of carbonyl (C=O) groups excluding carboxylic acids is 1. The number of ether oxygens (including phenoxy) is 1. The van der Waals surface area contributed by atoms with Gasteiger partial charge in [-0.3, -0.25) is 4.79 Å². The van der Waals surface area contributed by atoms with Gasteiger partial charge in [0.1, 0.15) is 5.75 Å². The first kappa shape index (κ1) is 16.4. The second kappa shape index (κ2) is 7.85. The van der Waals surface area contributed by atoms with E-state index in [1.54, 1.807) is 11.9 Å². The minimum atomic E-state index is 0.0330. The molecule has 110 valence electrons. The summed E-state index contributed by atoms with van der Waals surface area (Å²) in [6.45, 7) is 4.97. The van der Waals surface area contributed by atoms with Crippen molar-refractivity contribution in [2.75, 3.05) is 20.2 Å². The van der Waals surface area contributed by atoms with E-state index in [2.05, 4.69) is 6.07 Å². The van der Waals surface area contributed by atoms with E-state index in [4.69, 9.17) is 22.7 Å². The maximum absolute atomic E-state index is 11.8. The standard InChI is InChI=1S/C15H22N2O2S/c1-11-8-12(2)10-13(9-11)19-7-5-15(18)17(3)6-4-14(16)20/h8-10H,4-7H2,1-3H3,(H2,16,20). The van der Waals surface area contributed by atoms with Crippen molar-refractivity contribution in [2.24, 2.45) is 5.73 Å². The summed E-state index contributed by atoms with van der Waals surface area (Å²) in [5.41, 5.74) is 7.72. The molecular formula is C15H22N2O2S. The van der Waals surface area contributed by atoms with Crippen molar-refractivity contribution in [3.8, 4) is 5.75 Å². The summed E-state index contributed by atoms with van der Waals surface area (Å²) in [7, 11) is 1.75. The molecule has 2 N–H and O–H groups in total. The molecule has 0 unspecified atom stereocenters. The van der Waals surface area contributed by atoms with E-state index in [0.717, 1.165) is 16.9 Å². The molecule has 0 spiro atoms. The minimum Gasteiger partial charge on any atom is -0.493 e. The van der Waals surface area contributed by atoms with Crippen molar-refractivity contribution in [3.05, 3.63) is 29.3 Å². The van der Waals surface area contributed by atoms with E-state index in [1.165, 1.54) is 0 Å². The number of nitrogens with two attached hydrogens (primary N) is 1. The van der Waals surface area contributed by atoms with Crippen LogP contribution >= 0.6 is 12.2 Å². The van der Waals surface area contributed by atoms with Gasteiger partial charge in [0.25, 0.3) is 0 Å². The first-order valence-corrected chi connectivity index (χ1v) is 7.02. The van der Waals surface area contributed by atoms with E-state index in [1.807, 2.05) is 26.0 Å². The van der Waals surface area contributed by atoms with Gasteiger partial charge in [-0.15, -0.1) is 0 Å². The van der Waals surface area contributed by atoms with E-state index < -0.39 is 0 Å². The molecule has 0 aliphatic heterocycles. The van der Waals surface area contributed by atoms with Gasteiger partial charge in [-0.1, -0.05) is 18.3 Å². The van der Waals surface area contributed by atoms with Crippen molar-refractivity contribution < 1.29 is 9.53 Å². The fraction of sp³-hybridized carbons (Fsp3) is 0.467. The second-order valence-electron chi connectivity index (χ2n) is 4.95. The molecule has 0 aliphatic carbocycles. The molecule has 1 rings (SSSR count). The van der Waals surface area contributed by atoms with Gasteiger partial charge in [-0.2, -0.15) is 0 Å². The lowest BCUT2D eigenvalue weighted by molar-refractivity contribution is -0.130. The van der Waals surface area contributed by atoms with Crippen LogP contribution in [0.5, 0.6) is 5.75 Å². The number of thiocarbonyl (C=S) groups is 1. The first-order valence-electron chi connectivity index (χ1n) is 6.62. The van der Waals surface area contributed by atoms with E-state index in [9.17, 15) is 4.79 Å². The molecule has 0 radical (unpaired) electrons. The smallest absolute Gasteiger partial charge is 0.225 e. The van der Waals surface area contributed by atoms with Crippen LogP contribution in [0.25, 0.3) is 0 Å². The number of nitrogens with zero attached hydrogens (tertiary/aromatic N) is 1. The summed E-state index contributed by atoms with van der Waals surface area (Å²) in [6, 6.07) is 6.02. The van der Waals surface area contributed by atoms with Gasteiger partial charge in [-0.25, -0.2) is 0 Å². The average Bonchev–Trinajstić information content (AvgIpc) is 2.34. The molecule has 20 heavy (non-hydrogen) atoms. The Kier molecular flexibility index (Phi) is 6.45. The third-order valence-corrected chi connectivity index (χ3v) is 3.10. The van der Waals surface area contributed by atoms with E-state index in [-0.39, 0.29) is 5.91 Å². The maximum atomic E-state index is 11.8. The molecule has 0 atom stereocenters. The van der Waals surface area contributed by atoms with Gasteiger partial charge < -0.3 is 15.4 Å². The number of hydrogen-bond donors (Lipinski definition) is 1. The summed E-state index contributed by atoms with van der Waals surface area (Å²) in [6.07, 6.45) is 0.899. The highest BCUT2D eigenvalue weighted by Gasteiger charge is 2.09. The fourth-order valence-electron chi connectivity index (χ4n) is 1.87. The molecule has 4 nitrogen and oxygen atoms in total. The summed E-state index contributed by atoms with van der Waals surface area (Å²) in [4.78, 5) is 13.9. The third kappa shape index (κ3) is 6.02. The molecular weight excluding hydrogens is 272 g/mol. The highest BCUT2D eigenvalue weighted by atomic mass is 32.1. The van der Waals surface area contributed by atoms with Crippen LogP contribution in [0.15, 0.2) is 18.2 Å². The monoisotopic (exact) mass is 294 g/mol. The van der Waals surface area contributed by atoms with Crippen molar-refractivity contribution in [1.82, 2.24) is 4.90 Å². The Bertz CT molecular complexity index is 469. The predicted molar refractivity (Wildman–Crippen MR) is 85.1 cm³/mol. The van der Waals surface area contributed by atoms with Crippen LogP contribution in [-0.2, 0) is 4.79 Å². The van der Waals surface area contributed by atoms with Gasteiger partial charge in [0.15, 0.2) is 0 Å². The topological polar surface area (TPSA) is 55.6 Å². The number of carbonyl (C=O) groups is 1. The van der Waals surface area contributed by atoms with Gasteiger partial charge >= 0.3 is 0 Å². The molecule has 0 saturated carbocycles. The molecule has 0 heterocycles. The molecule has 1 aromatic rings. The number of benzene rings is 1. The Labute approximate surface area is 125 Å². The largest absolute Gasteiger partial charge is 0.493 e. The SMILES string of the molecule is Cc1cc(C)cc(OCCC(=O)N(C)CCC(N)=S)c1. The minimum absolute atomic E-state index is 0.0330. The molecule has 0 bridgehead atoms. The lowest BCUT2D eigenvalue weighted by Crippen LogP contribution is -2.30. The Morgan fingerprint density at radius 3 is 2.40 bits per heavy atom. The lowest BCUT2D eigenvalue weighted by atomic mass is 10.1. The Morgan fingerprint density at radius 1 is 1.25 bits per heavy atom. The van der Waals surface area contributed by atoms with Crippen molar-refractivity contribution in [1.29, 1.82) is 0 Å². The molecule has 0 aliphatic rings. The Morgan fingerprint density at radius 2 is 1.85 bits per heavy atom. The van der Waals surface area contributed by atoms with Crippen LogP contribution in [0.1, 0.15) is 24.0 Å². The van der Waals surface area contributed by atoms with Crippen LogP contribution in [0.2, 0.25) is 0 Å². The molecule has 5 heteroatoms. The van der Waals surface area contributed by atoms with Gasteiger partial charge in [0.05, 0.1) is 18.0 Å². The van der Waals surface area contributed by atoms with Crippen LogP contribution < -0.4 is 10.5 Å². The number of hydrogen-bond acceptors (Lipinski definition) is 3. The van der Waals surface area contributed by atoms with Crippen LogP contribution in [0.3, 0.4) is 0 Å². The molecule has 1 amide bonds. The molecule has 1 aromatic carbocycles. The summed E-state index contributed by atoms with van der Waals surface area (Å²) in [5.74, 6) is 0.840. The van der Waals surface area contributed by atoms with Crippen LogP contribution in [-0.4, -0.2) is 36.0 Å². The maximum Gasteiger partial charge on any atom is 0.225 e. The third-order valence-electron chi connectivity index (χ3n) is 2.90. The molecule has 0 fully saturated rings. The van der Waals surface area contributed by atoms with Crippen molar-refractivity contribution >= 4 is 23.1 Å². The van der Waals surface area contributed by atoms with Gasteiger partial charge in [-0.05, 0) is 37.1 Å². The van der Waals surface area contributed by atoms with E-state index >= 15 is 0 Å². The zero-order valence-corrected chi connectivity index (χ0v) is 13.1. The van der Waals surface area contributed by atoms with Crippen LogP contribution in [0.4, 0.5) is 0 Å². The Balaban J connectivity index is 2.36. The lowest BCUT2D eigenvalue weighted by Gasteiger charge is -2.17. The van der Waals surface area contributed by atoms with Crippen molar-refractivity contribution in [3.63, 3.8) is 0 Å².